The van der Waals surface area contributed by atoms with Crippen molar-refractivity contribution in [3.8, 4) is 0 Å². The van der Waals surface area contributed by atoms with E-state index >= 15 is 0 Å². The highest BCUT2D eigenvalue weighted by Crippen LogP contribution is 2.06. The number of carbonyl (C=O) groups excluding carboxylic acids is 1. The van der Waals surface area contributed by atoms with E-state index in [0.29, 0.717) is 12.3 Å². The van der Waals surface area contributed by atoms with E-state index in [1.807, 2.05) is 0 Å². The van der Waals surface area contributed by atoms with Gasteiger partial charge in [-0.25, -0.2) is 0 Å². The summed E-state index contributed by atoms with van der Waals surface area (Å²) in [6, 6.07) is 0. The van der Waals surface area contributed by atoms with Crippen LogP contribution in [0.2, 0.25) is 0 Å². The van der Waals surface area contributed by atoms with Gasteiger partial charge in [-0.2, -0.15) is 0 Å². The topological polar surface area (TPSA) is 29.5 Å². The molecule has 0 aliphatic carbocycles. The monoisotopic (exact) mass is 285 g/mol. The van der Waals surface area contributed by atoms with Gasteiger partial charge in [-0.05, 0) is 25.7 Å². The Hall–Kier alpha value is -0.570. The Morgan fingerprint density at radius 1 is 0.800 bits per heavy atom. The van der Waals surface area contributed by atoms with E-state index in [-0.39, 0.29) is 0 Å². The second-order valence-corrected chi connectivity index (χ2v) is 5.51. The molecule has 0 atom stereocenters. The molecule has 1 amide bonds. The molecule has 0 bridgehead atoms. The minimum atomic E-state index is 0.317. The van der Waals surface area contributed by atoms with E-state index < -0.39 is 0 Å². The largest absolute Gasteiger partial charge is 0.381 e. The van der Waals surface area contributed by atoms with Gasteiger partial charge in [0.05, 0.1) is 0 Å². The molecule has 20 heavy (non-hydrogen) atoms. The minimum Gasteiger partial charge on any atom is -0.381 e. The van der Waals surface area contributed by atoms with Crippen LogP contribution < -0.4 is 0 Å². The number of nitrogens with zero attached hydrogens (tertiary/aromatic N) is 1. The summed E-state index contributed by atoms with van der Waals surface area (Å²) in [5, 5.41) is 0. The van der Waals surface area contributed by atoms with Crippen molar-refractivity contribution in [3.63, 3.8) is 0 Å². The first-order valence-electron chi connectivity index (χ1n) is 8.61. The summed E-state index contributed by atoms with van der Waals surface area (Å²) >= 11 is 0. The van der Waals surface area contributed by atoms with Crippen LogP contribution in [0.1, 0.15) is 78.6 Å². The van der Waals surface area contributed by atoms with Gasteiger partial charge in [0.15, 0.2) is 0 Å². The van der Waals surface area contributed by atoms with Crippen molar-refractivity contribution in [1.82, 2.24) is 4.90 Å². The van der Waals surface area contributed by atoms with Crippen LogP contribution in [-0.4, -0.2) is 37.1 Å². The van der Waals surface area contributed by atoms with Crippen LogP contribution in [-0.2, 0) is 9.53 Å². The van der Waals surface area contributed by atoms with Crippen LogP contribution >= 0.6 is 0 Å². The summed E-state index contributed by atoms with van der Waals surface area (Å²) in [4.78, 5) is 14.3. The molecule has 3 heteroatoms. The molecular formula is C17H35NO2. The average molecular weight is 285 g/mol. The summed E-state index contributed by atoms with van der Waals surface area (Å²) in [7, 11) is 0. The van der Waals surface area contributed by atoms with Crippen LogP contribution in [0.15, 0.2) is 0 Å². The molecule has 0 aliphatic heterocycles. The zero-order valence-electron chi connectivity index (χ0n) is 14.0. The van der Waals surface area contributed by atoms with Gasteiger partial charge in [0.25, 0.3) is 0 Å². The van der Waals surface area contributed by atoms with Crippen molar-refractivity contribution in [1.29, 1.82) is 0 Å². The van der Waals surface area contributed by atoms with Crippen LogP contribution in [0.3, 0.4) is 0 Å². The fraction of sp³-hybridized carbons (Fsp3) is 0.941. The van der Waals surface area contributed by atoms with Gasteiger partial charge in [-0.3, -0.25) is 4.79 Å². The van der Waals surface area contributed by atoms with E-state index in [1.54, 1.807) is 0 Å². The first-order valence-corrected chi connectivity index (χ1v) is 8.61. The van der Waals surface area contributed by atoms with E-state index in [4.69, 9.17) is 4.74 Å². The van der Waals surface area contributed by atoms with E-state index in [1.165, 1.54) is 25.7 Å². The molecule has 3 nitrogen and oxygen atoms in total. The molecule has 0 rings (SSSR count). The maximum Gasteiger partial charge on any atom is 0.222 e. The van der Waals surface area contributed by atoms with Crippen molar-refractivity contribution >= 4 is 5.91 Å². The SMILES string of the molecule is CCCCCN(CCCCC)C(=O)CCCOCCC. The van der Waals surface area contributed by atoms with Crippen molar-refractivity contribution in [2.24, 2.45) is 0 Å². The predicted octanol–water partition coefficient (Wildman–Crippen LogP) is 4.40. The van der Waals surface area contributed by atoms with Crippen molar-refractivity contribution in [2.75, 3.05) is 26.3 Å². The van der Waals surface area contributed by atoms with E-state index in [9.17, 15) is 4.79 Å². The highest BCUT2D eigenvalue weighted by molar-refractivity contribution is 5.76. The fourth-order valence-electron chi connectivity index (χ4n) is 2.20. The molecule has 0 fully saturated rings. The van der Waals surface area contributed by atoms with Gasteiger partial charge >= 0.3 is 0 Å². The molecule has 0 saturated heterocycles. The number of ether oxygens (including phenoxy) is 1. The molecule has 0 unspecified atom stereocenters. The standard InChI is InChI=1S/C17H35NO2/c1-4-7-9-13-18(14-10-8-5-2)17(19)12-11-16-20-15-6-3/h4-16H2,1-3H3. The maximum absolute atomic E-state index is 12.2. The second kappa shape index (κ2) is 14.8. The Labute approximate surface area is 126 Å². The molecule has 0 aliphatic rings. The zero-order valence-corrected chi connectivity index (χ0v) is 14.0. The van der Waals surface area contributed by atoms with Gasteiger partial charge in [0, 0.05) is 32.7 Å². The molecule has 0 N–H and O–H groups in total. The molecule has 120 valence electrons. The number of carbonyl (C=O) groups is 1. The van der Waals surface area contributed by atoms with Crippen molar-refractivity contribution < 1.29 is 9.53 Å². The van der Waals surface area contributed by atoms with E-state index in [0.717, 1.165) is 52.0 Å². The first kappa shape index (κ1) is 19.4. The van der Waals surface area contributed by atoms with Crippen molar-refractivity contribution in [3.05, 3.63) is 0 Å². The normalized spacial score (nSPS) is 10.8. The number of hydrogen-bond acceptors (Lipinski definition) is 2. The number of unbranched alkanes of at least 4 members (excludes halogenated alkanes) is 4. The Bertz CT molecular complexity index is 209. The minimum absolute atomic E-state index is 0.317. The Balaban J connectivity index is 3.91. The molecule has 0 aromatic rings. The third-order valence-corrected chi connectivity index (χ3v) is 3.44. The van der Waals surface area contributed by atoms with Gasteiger partial charge in [-0.1, -0.05) is 46.5 Å². The lowest BCUT2D eigenvalue weighted by atomic mass is 10.2. The molecular weight excluding hydrogens is 250 g/mol. The summed E-state index contributed by atoms with van der Waals surface area (Å²) in [6.45, 7) is 9.91. The average Bonchev–Trinajstić information content (AvgIpc) is 2.45. The van der Waals surface area contributed by atoms with Gasteiger partial charge in [0.2, 0.25) is 5.91 Å². The molecule has 0 heterocycles. The maximum atomic E-state index is 12.2. The highest BCUT2D eigenvalue weighted by Gasteiger charge is 2.12. The fourth-order valence-corrected chi connectivity index (χ4v) is 2.20. The number of amides is 1. The lowest BCUT2D eigenvalue weighted by Gasteiger charge is -2.22. The molecule has 0 aromatic carbocycles. The van der Waals surface area contributed by atoms with Crippen molar-refractivity contribution in [2.45, 2.75) is 78.6 Å². The van der Waals surface area contributed by atoms with Crippen LogP contribution in [0.4, 0.5) is 0 Å². The quantitative estimate of drug-likeness (QED) is 0.443. The van der Waals surface area contributed by atoms with Crippen LogP contribution in [0.5, 0.6) is 0 Å². The molecule has 0 radical (unpaired) electrons. The smallest absolute Gasteiger partial charge is 0.222 e. The highest BCUT2D eigenvalue weighted by atomic mass is 16.5. The third kappa shape index (κ3) is 11.3. The molecule has 0 spiro atoms. The Kier molecular flexibility index (Phi) is 14.4. The van der Waals surface area contributed by atoms with E-state index in [2.05, 4.69) is 25.7 Å². The number of rotatable bonds is 14. The first-order chi connectivity index (χ1) is 9.76. The van der Waals surface area contributed by atoms with Crippen LogP contribution in [0, 0.1) is 0 Å². The Morgan fingerprint density at radius 3 is 1.90 bits per heavy atom. The lowest BCUT2D eigenvalue weighted by molar-refractivity contribution is -0.131. The third-order valence-electron chi connectivity index (χ3n) is 3.44. The van der Waals surface area contributed by atoms with Gasteiger partial charge in [0.1, 0.15) is 0 Å². The number of hydrogen-bond donors (Lipinski definition) is 0. The van der Waals surface area contributed by atoms with Gasteiger partial charge < -0.3 is 9.64 Å². The zero-order chi connectivity index (χ0) is 15.1. The van der Waals surface area contributed by atoms with Gasteiger partial charge in [-0.15, -0.1) is 0 Å². The summed E-state index contributed by atoms with van der Waals surface area (Å²) in [5.74, 6) is 0.317. The summed E-state index contributed by atoms with van der Waals surface area (Å²) in [6.07, 6.45) is 9.69. The Morgan fingerprint density at radius 2 is 1.40 bits per heavy atom. The van der Waals surface area contributed by atoms with Crippen LogP contribution in [0.25, 0.3) is 0 Å². The lowest BCUT2D eigenvalue weighted by Crippen LogP contribution is -2.33. The predicted molar refractivity (Wildman–Crippen MR) is 86.0 cm³/mol. The molecule has 0 saturated carbocycles. The summed E-state index contributed by atoms with van der Waals surface area (Å²) < 4.78 is 5.44. The molecule has 0 aromatic heterocycles. The summed E-state index contributed by atoms with van der Waals surface area (Å²) in [5.41, 5.74) is 0. The second-order valence-electron chi connectivity index (χ2n) is 5.51.